The van der Waals surface area contributed by atoms with Crippen molar-refractivity contribution in [3.8, 4) is 0 Å². The number of anilines is 1. The van der Waals surface area contributed by atoms with Crippen LogP contribution in [0.25, 0.3) is 0 Å². The van der Waals surface area contributed by atoms with Gasteiger partial charge in [0.15, 0.2) is 0 Å². The standard InChI is InChI=1S/C12H13Cl2NO3/c1-2-18-11(17)7-6-10(16)15-9-5-3-4-8(13)12(9)14/h3-5H,2,6-7H2,1H3,(H,15,16). The lowest BCUT2D eigenvalue weighted by molar-refractivity contribution is -0.144. The van der Waals surface area contributed by atoms with Crippen molar-refractivity contribution in [1.29, 1.82) is 0 Å². The van der Waals surface area contributed by atoms with Crippen LogP contribution in [0.4, 0.5) is 5.69 Å². The number of benzene rings is 1. The Hall–Kier alpha value is -1.26. The summed E-state index contributed by atoms with van der Waals surface area (Å²) in [7, 11) is 0. The van der Waals surface area contributed by atoms with Crippen LogP contribution in [0.2, 0.25) is 10.0 Å². The lowest BCUT2D eigenvalue weighted by Crippen LogP contribution is -2.14. The molecule has 1 aromatic rings. The van der Waals surface area contributed by atoms with Gasteiger partial charge in [0.1, 0.15) is 0 Å². The van der Waals surface area contributed by atoms with E-state index in [0.29, 0.717) is 17.3 Å². The molecular formula is C12H13Cl2NO3. The van der Waals surface area contributed by atoms with Gasteiger partial charge in [0.25, 0.3) is 0 Å². The second-order valence-corrected chi connectivity index (χ2v) is 4.24. The number of amides is 1. The Morgan fingerprint density at radius 1 is 1.28 bits per heavy atom. The van der Waals surface area contributed by atoms with E-state index in [4.69, 9.17) is 27.9 Å². The topological polar surface area (TPSA) is 55.4 Å². The molecule has 1 aromatic carbocycles. The number of ether oxygens (including phenoxy) is 1. The van der Waals surface area contributed by atoms with E-state index >= 15 is 0 Å². The third-order valence-electron chi connectivity index (χ3n) is 2.09. The summed E-state index contributed by atoms with van der Waals surface area (Å²) in [6.45, 7) is 2.02. The van der Waals surface area contributed by atoms with Gasteiger partial charge < -0.3 is 10.1 Å². The van der Waals surface area contributed by atoms with E-state index in [2.05, 4.69) is 5.32 Å². The zero-order chi connectivity index (χ0) is 13.5. The predicted octanol–water partition coefficient (Wildman–Crippen LogP) is 3.28. The molecule has 0 saturated carbocycles. The number of nitrogens with one attached hydrogen (secondary N) is 1. The van der Waals surface area contributed by atoms with E-state index in [-0.39, 0.29) is 23.8 Å². The number of esters is 1. The Labute approximate surface area is 115 Å². The fourth-order valence-corrected chi connectivity index (χ4v) is 1.61. The van der Waals surface area contributed by atoms with Gasteiger partial charge in [0.2, 0.25) is 5.91 Å². The zero-order valence-corrected chi connectivity index (χ0v) is 11.3. The molecule has 0 radical (unpaired) electrons. The molecule has 0 bridgehead atoms. The van der Waals surface area contributed by atoms with Crippen LogP contribution >= 0.6 is 23.2 Å². The van der Waals surface area contributed by atoms with Crippen LogP contribution < -0.4 is 5.32 Å². The van der Waals surface area contributed by atoms with Crippen molar-refractivity contribution in [3.63, 3.8) is 0 Å². The first-order chi connectivity index (χ1) is 8.54. The Bertz CT molecular complexity index is 449. The smallest absolute Gasteiger partial charge is 0.306 e. The molecule has 0 aromatic heterocycles. The summed E-state index contributed by atoms with van der Waals surface area (Å²) in [6.07, 6.45) is 0.0829. The summed E-state index contributed by atoms with van der Waals surface area (Å²) in [5.41, 5.74) is 0.429. The second kappa shape index (κ2) is 7.24. The number of carbonyl (C=O) groups is 2. The van der Waals surface area contributed by atoms with Gasteiger partial charge in [-0.3, -0.25) is 9.59 Å². The van der Waals surface area contributed by atoms with Crippen molar-refractivity contribution >= 4 is 40.8 Å². The third-order valence-corrected chi connectivity index (χ3v) is 2.91. The van der Waals surface area contributed by atoms with E-state index in [1.807, 2.05) is 0 Å². The molecule has 6 heteroatoms. The van der Waals surface area contributed by atoms with E-state index in [1.54, 1.807) is 25.1 Å². The van der Waals surface area contributed by atoms with Gasteiger partial charge in [-0.2, -0.15) is 0 Å². The zero-order valence-electron chi connectivity index (χ0n) is 9.83. The van der Waals surface area contributed by atoms with Gasteiger partial charge in [-0.25, -0.2) is 0 Å². The van der Waals surface area contributed by atoms with Crippen LogP contribution in [0.1, 0.15) is 19.8 Å². The first-order valence-corrected chi connectivity index (χ1v) is 6.19. The number of carbonyl (C=O) groups excluding carboxylic acids is 2. The maximum Gasteiger partial charge on any atom is 0.306 e. The Kier molecular flexibility index (Phi) is 5.95. The normalized spacial score (nSPS) is 9.94. The molecule has 1 rings (SSSR count). The van der Waals surface area contributed by atoms with Gasteiger partial charge in [-0.1, -0.05) is 29.3 Å². The lowest BCUT2D eigenvalue weighted by Gasteiger charge is -2.07. The van der Waals surface area contributed by atoms with Crippen LogP contribution in [0.3, 0.4) is 0 Å². The van der Waals surface area contributed by atoms with E-state index in [0.717, 1.165) is 0 Å². The van der Waals surface area contributed by atoms with Gasteiger partial charge >= 0.3 is 5.97 Å². The molecule has 98 valence electrons. The molecule has 0 fully saturated rings. The highest BCUT2D eigenvalue weighted by molar-refractivity contribution is 6.43. The van der Waals surface area contributed by atoms with Gasteiger partial charge in [0, 0.05) is 6.42 Å². The van der Waals surface area contributed by atoms with Crippen molar-refractivity contribution in [2.75, 3.05) is 11.9 Å². The molecule has 0 aliphatic rings. The Balaban J connectivity index is 2.50. The SMILES string of the molecule is CCOC(=O)CCC(=O)Nc1cccc(Cl)c1Cl. The summed E-state index contributed by atoms with van der Waals surface area (Å²) < 4.78 is 4.72. The monoisotopic (exact) mass is 289 g/mol. The average molecular weight is 290 g/mol. The van der Waals surface area contributed by atoms with E-state index < -0.39 is 5.97 Å². The molecule has 4 nitrogen and oxygen atoms in total. The summed E-state index contributed by atoms with van der Waals surface area (Å²) in [6, 6.07) is 4.93. The molecule has 1 amide bonds. The van der Waals surface area contributed by atoms with Crippen LogP contribution in [-0.2, 0) is 14.3 Å². The largest absolute Gasteiger partial charge is 0.466 e. The van der Waals surface area contributed by atoms with Crippen LogP contribution in [0.15, 0.2) is 18.2 Å². The average Bonchev–Trinajstić information content (AvgIpc) is 2.33. The minimum Gasteiger partial charge on any atom is -0.466 e. The number of hydrogen-bond donors (Lipinski definition) is 1. The molecule has 0 saturated heterocycles. The quantitative estimate of drug-likeness (QED) is 0.847. The van der Waals surface area contributed by atoms with E-state index in [1.165, 1.54) is 0 Å². The fraction of sp³-hybridized carbons (Fsp3) is 0.333. The van der Waals surface area contributed by atoms with Gasteiger partial charge in [-0.15, -0.1) is 0 Å². The second-order valence-electron chi connectivity index (χ2n) is 3.45. The van der Waals surface area contributed by atoms with Crippen LogP contribution in [-0.4, -0.2) is 18.5 Å². The lowest BCUT2D eigenvalue weighted by atomic mass is 10.2. The number of halogens is 2. The van der Waals surface area contributed by atoms with Crippen molar-refractivity contribution < 1.29 is 14.3 Å². The van der Waals surface area contributed by atoms with Gasteiger partial charge in [-0.05, 0) is 19.1 Å². The molecule has 18 heavy (non-hydrogen) atoms. The summed E-state index contributed by atoms with van der Waals surface area (Å²) in [5, 5.41) is 3.23. The minimum atomic E-state index is -0.398. The molecule has 0 unspecified atom stereocenters. The molecule has 0 heterocycles. The van der Waals surface area contributed by atoms with Crippen molar-refractivity contribution in [2.24, 2.45) is 0 Å². The Morgan fingerprint density at radius 2 is 2.00 bits per heavy atom. The van der Waals surface area contributed by atoms with Gasteiger partial charge in [0.05, 0.1) is 28.8 Å². The maximum atomic E-state index is 11.6. The highest BCUT2D eigenvalue weighted by atomic mass is 35.5. The van der Waals surface area contributed by atoms with Crippen molar-refractivity contribution in [1.82, 2.24) is 0 Å². The molecule has 0 aliphatic heterocycles. The summed E-state index contributed by atoms with van der Waals surface area (Å²) >= 11 is 11.7. The molecule has 0 atom stereocenters. The summed E-state index contributed by atoms with van der Waals surface area (Å²) in [4.78, 5) is 22.6. The van der Waals surface area contributed by atoms with E-state index in [9.17, 15) is 9.59 Å². The molecule has 0 aliphatic carbocycles. The number of rotatable bonds is 5. The predicted molar refractivity (Wildman–Crippen MR) is 71.0 cm³/mol. The summed E-state index contributed by atoms with van der Waals surface area (Å²) in [5.74, 6) is -0.711. The minimum absolute atomic E-state index is 0.0395. The van der Waals surface area contributed by atoms with Crippen molar-refractivity contribution in [3.05, 3.63) is 28.2 Å². The molecule has 0 spiro atoms. The highest BCUT2D eigenvalue weighted by Gasteiger charge is 2.10. The first kappa shape index (κ1) is 14.8. The van der Waals surface area contributed by atoms with Crippen LogP contribution in [0.5, 0.6) is 0 Å². The molecule has 1 N–H and O–H groups in total. The third kappa shape index (κ3) is 4.55. The Morgan fingerprint density at radius 3 is 2.67 bits per heavy atom. The maximum absolute atomic E-state index is 11.6. The van der Waals surface area contributed by atoms with Crippen LogP contribution in [0, 0.1) is 0 Å². The molecular weight excluding hydrogens is 277 g/mol. The number of hydrogen-bond acceptors (Lipinski definition) is 3. The first-order valence-electron chi connectivity index (χ1n) is 5.44. The van der Waals surface area contributed by atoms with Crippen molar-refractivity contribution in [2.45, 2.75) is 19.8 Å². The fourth-order valence-electron chi connectivity index (χ4n) is 1.26. The highest BCUT2D eigenvalue weighted by Crippen LogP contribution is 2.29.